The van der Waals surface area contributed by atoms with Gasteiger partial charge in [-0.1, -0.05) is 49.4 Å². The predicted octanol–water partition coefficient (Wildman–Crippen LogP) is 4.88. The lowest BCUT2D eigenvalue weighted by Gasteiger charge is -2.11. The van der Waals surface area contributed by atoms with Gasteiger partial charge in [-0.3, -0.25) is 0 Å². The zero-order valence-corrected chi connectivity index (χ0v) is 17.5. The normalized spacial score (nSPS) is 10.4. The number of nitrogens with one attached hydrogen (secondary N) is 2. The molecular weight excluding hydrogens is 371 g/mol. The van der Waals surface area contributed by atoms with Gasteiger partial charge in [-0.2, -0.15) is 0 Å². The van der Waals surface area contributed by atoms with Crippen molar-refractivity contribution in [2.45, 2.75) is 31.0 Å². The lowest BCUT2D eigenvalue weighted by Crippen LogP contribution is -2.34. The Bertz CT molecular complexity index is 872. The van der Waals surface area contributed by atoms with Crippen LogP contribution in [-0.4, -0.2) is 19.3 Å². The van der Waals surface area contributed by atoms with Gasteiger partial charge in [-0.05, 0) is 42.3 Å². The van der Waals surface area contributed by atoms with Crippen LogP contribution in [0.25, 0.3) is 5.47 Å². The van der Waals surface area contributed by atoms with Crippen molar-refractivity contribution in [2.75, 3.05) is 5.32 Å². The van der Waals surface area contributed by atoms with Crippen LogP contribution in [0.5, 0.6) is 0 Å². The zero-order valence-electron chi connectivity index (χ0n) is 15.7. The van der Waals surface area contributed by atoms with Gasteiger partial charge in [-0.15, -0.1) is 31.8 Å². The molecule has 3 nitrogen and oxygen atoms in total. The van der Waals surface area contributed by atoms with E-state index in [1.54, 1.807) is 0 Å². The van der Waals surface area contributed by atoms with E-state index in [1.165, 1.54) is 0 Å². The molecule has 2 N–H and O–H groups in total. The third-order valence-corrected chi connectivity index (χ3v) is 3.90. The van der Waals surface area contributed by atoms with Gasteiger partial charge >= 0.3 is 6.03 Å². The Kier molecular flexibility index (Phi) is 9.70. The summed E-state index contributed by atoms with van der Waals surface area (Å²) in [5, 5.41) is 4.75. The van der Waals surface area contributed by atoms with Crippen LogP contribution < -0.4 is 10.6 Å². The molecule has 2 aromatic rings. The molecule has 0 saturated heterocycles. The molecule has 1 atom stereocenters. The summed E-state index contributed by atoms with van der Waals surface area (Å²) in [5.74, 6) is 5.81. The maximum Gasteiger partial charge on any atom is 0.320 e. The first-order valence-electron chi connectivity index (χ1n) is 8.46. The number of amides is 2. The number of thiol groups is 2. The average Bonchev–Trinajstić information content (AvgIpc) is 2.65. The second-order valence-corrected chi connectivity index (χ2v) is 6.40. The Labute approximate surface area is 174 Å². The molecule has 2 radical (unpaired) electrons. The van der Waals surface area contributed by atoms with Crippen molar-refractivity contribution < 1.29 is 4.79 Å². The quantitative estimate of drug-likeness (QED) is 0.255. The van der Waals surface area contributed by atoms with E-state index in [1.807, 2.05) is 63.2 Å². The second kappa shape index (κ2) is 11.5. The molecule has 138 valence electrons. The van der Waals surface area contributed by atoms with Gasteiger partial charge in [-0.25, -0.2) is 4.79 Å². The molecule has 0 aliphatic heterocycles. The van der Waals surface area contributed by atoms with Crippen LogP contribution in [0.1, 0.15) is 30.5 Å². The number of anilines is 1. The van der Waals surface area contributed by atoms with E-state index in [0.717, 1.165) is 16.7 Å². The highest BCUT2D eigenvalue weighted by Crippen LogP contribution is 2.20. The molecule has 0 heterocycles. The number of benzene rings is 2. The van der Waals surface area contributed by atoms with Crippen LogP contribution in [-0.2, 0) is 0 Å². The summed E-state index contributed by atoms with van der Waals surface area (Å²) in [7, 11) is 5.67. The summed E-state index contributed by atoms with van der Waals surface area (Å²) in [4.78, 5) is 12.7. The minimum atomic E-state index is -0.627. The molecule has 0 aromatic heterocycles. The Balaban J connectivity index is 0.00000176. The first-order valence-corrected chi connectivity index (χ1v) is 9.43. The molecule has 2 amide bonds. The number of hydrogen-bond donors (Lipinski definition) is 4. The number of urea groups is 1. The van der Waals surface area contributed by atoms with Crippen LogP contribution in [0.4, 0.5) is 10.5 Å². The van der Waals surface area contributed by atoms with E-state index in [0.29, 0.717) is 16.1 Å². The molecule has 0 aliphatic carbocycles. The molecule has 1 unspecified atom stereocenters. The van der Waals surface area contributed by atoms with Gasteiger partial charge in [0.2, 0.25) is 0 Å². The van der Waals surface area contributed by atoms with E-state index in [-0.39, 0.29) is 0 Å². The minimum Gasteiger partial charge on any atom is -0.315 e. The second-order valence-electron chi connectivity index (χ2n) is 5.40. The SMILES string of the molecule is CC.[B]C(=C)c1cccc(C#CC(S)NC(=O)Nc2cc(C)ccc2S)c1. The van der Waals surface area contributed by atoms with Crippen molar-refractivity contribution in [1.82, 2.24) is 5.32 Å². The van der Waals surface area contributed by atoms with Crippen molar-refractivity contribution >= 4 is 50.3 Å². The minimum absolute atomic E-state index is 0.403. The van der Waals surface area contributed by atoms with Gasteiger partial charge in [0.1, 0.15) is 13.2 Å². The summed E-state index contributed by atoms with van der Waals surface area (Å²) in [6.07, 6.45) is 0. The molecule has 0 fully saturated rings. The topological polar surface area (TPSA) is 41.1 Å². The fourth-order valence-corrected chi connectivity index (χ4v) is 2.39. The zero-order chi connectivity index (χ0) is 20.4. The highest BCUT2D eigenvalue weighted by molar-refractivity contribution is 7.81. The predicted molar refractivity (Wildman–Crippen MR) is 123 cm³/mol. The monoisotopic (exact) mass is 394 g/mol. The highest BCUT2D eigenvalue weighted by Gasteiger charge is 2.07. The number of aryl methyl sites for hydroxylation is 1. The van der Waals surface area contributed by atoms with Gasteiger partial charge < -0.3 is 10.6 Å². The smallest absolute Gasteiger partial charge is 0.315 e. The molecule has 27 heavy (non-hydrogen) atoms. The lowest BCUT2D eigenvalue weighted by atomic mass is 9.89. The highest BCUT2D eigenvalue weighted by atomic mass is 32.1. The third-order valence-electron chi connectivity index (χ3n) is 3.25. The van der Waals surface area contributed by atoms with Crippen molar-refractivity contribution in [3.8, 4) is 11.8 Å². The van der Waals surface area contributed by atoms with Gasteiger partial charge in [0.05, 0.1) is 5.69 Å². The van der Waals surface area contributed by atoms with Gasteiger partial charge in [0.15, 0.2) is 0 Å². The lowest BCUT2D eigenvalue weighted by molar-refractivity contribution is 0.252. The number of hydrogen-bond acceptors (Lipinski definition) is 3. The number of carbonyl (C=O) groups is 1. The molecule has 2 rings (SSSR count). The molecule has 0 aliphatic rings. The number of rotatable bonds is 3. The Morgan fingerprint density at radius 2 is 1.93 bits per heavy atom. The fourth-order valence-electron chi connectivity index (χ4n) is 2.02. The summed E-state index contributed by atoms with van der Waals surface area (Å²) in [5.41, 5.74) is 3.71. The molecule has 0 spiro atoms. The van der Waals surface area contributed by atoms with Crippen LogP contribution in [0.15, 0.2) is 53.9 Å². The summed E-state index contributed by atoms with van der Waals surface area (Å²) < 4.78 is 0. The molecule has 2 aromatic carbocycles. The Morgan fingerprint density at radius 3 is 2.59 bits per heavy atom. The Hall–Kier alpha value is -2.23. The van der Waals surface area contributed by atoms with E-state index < -0.39 is 11.4 Å². The van der Waals surface area contributed by atoms with Crippen molar-refractivity contribution in [3.63, 3.8) is 0 Å². The Morgan fingerprint density at radius 1 is 1.22 bits per heavy atom. The summed E-state index contributed by atoms with van der Waals surface area (Å²) >= 11 is 8.59. The van der Waals surface area contributed by atoms with E-state index in [9.17, 15) is 4.79 Å². The summed E-state index contributed by atoms with van der Waals surface area (Å²) in [6, 6.07) is 12.6. The molecule has 0 bridgehead atoms. The standard InChI is InChI=1S/C19H17BN2OS2.C2H6/c1-12-6-8-17(24)16(10-12)21-19(23)22-18(25)9-7-14-4-3-5-15(11-14)13(2)20;1-2/h3-6,8,10-11,18,24-25H,2H2,1H3,(H2,21,22,23);1-2H3. The van der Waals surface area contributed by atoms with E-state index in [4.69, 9.17) is 7.85 Å². The maximum atomic E-state index is 12.0. The van der Waals surface area contributed by atoms with Crippen LogP contribution in [0.2, 0.25) is 0 Å². The van der Waals surface area contributed by atoms with E-state index >= 15 is 0 Å². The molecule has 6 heteroatoms. The van der Waals surface area contributed by atoms with Crippen LogP contribution in [0.3, 0.4) is 0 Å². The number of carbonyl (C=O) groups excluding carboxylic acids is 1. The average molecular weight is 394 g/mol. The maximum absolute atomic E-state index is 12.0. The van der Waals surface area contributed by atoms with Crippen molar-refractivity contribution in [2.24, 2.45) is 0 Å². The van der Waals surface area contributed by atoms with Crippen molar-refractivity contribution in [1.29, 1.82) is 0 Å². The first-order chi connectivity index (χ1) is 12.8. The van der Waals surface area contributed by atoms with Crippen LogP contribution >= 0.6 is 25.3 Å². The largest absolute Gasteiger partial charge is 0.320 e. The molecular formula is C21H23BN2OS2. The first kappa shape index (κ1) is 22.8. The van der Waals surface area contributed by atoms with Crippen LogP contribution in [0, 0.1) is 18.8 Å². The van der Waals surface area contributed by atoms with Gasteiger partial charge in [0.25, 0.3) is 0 Å². The van der Waals surface area contributed by atoms with Gasteiger partial charge in [0, 0.05) is 10.5 Å². The molecule has 0 saturated carbocycles. The van der Waals surface area contributed by atoms with E-state index in [2.05, 4.69) is 54.3 Å². The fraction of sp³-hybridized carbons (Fsp3) is 0.190. The van der Waals surface area contributed by atoms with Crippen molar-refractivity contribution in [3.05, 3.63) is 65.7 Å². The summed E-state index contributed by atoms with van der Waals surface area (Å²) in [6.45, 7) is 9.63. The third kappa shape index (κ3) is 7.90.